The molecule has 0 radical (unpaired) electrons. The Balaban J connectivity index is 2.03. The summed E-state index contributed by atoms with van der Waals surface area (Å²) in [6, 6.07) is 0. The van der Waals surface area contributed by atoms with Gasteiger partial charge in [0, 0.05) is 6.54 Å². The maximum atomic E-state index is 11.8. The van der Waals surface area contributed by atoms with Crippen LogP contribution in [0, 0.1) is 5.92 Å². The Morgan fingerprint density at radius 1 is 1.67 bits per heavy atom. The first-order valence-corrected chi connectivity index (χ1v) is 6.56. The van der Waals surface area contributed by atoms with Gasteiger partial charge < -0.3 is 11.1 Å². The van der Waals surface area contributed by atoms with Gasteiger partial charge in [0.1, 0.15) is 18.2 Å². The quantitative estimate of drug-likeness (QED) is 0.761. The minimum Gasteiger partial charge on any atom is -0.368 e. The first-order chi connectivity index (χ1) is 8.69. The second kappa shape index (κ2) is 5.48. The van der Waals surface area contributed by atoms with Gasteiger partial charge in [-0.15, -0.1) is 0 Å². The van der Waals surface area contributed by atoms with Crippen molar-refractivity contribution in [3.8, 4) is 0 Å². The van der Waals surface area contributed by atoms with E-state index >= 15 is 0 Å². The number of nitrogens with one attached hydrogen (secondary N) is 1. The van der Waals surface area contributed by atoms with Crippen molar-refractivity contribution in [3.63, 3.8) is 0 Å². The lowest BCUT2D eigenvalue weighted by atomic mass is 9.84. The molecule has 1 heterocycles. The number of nitrogens with two attached hydrogens (primary N) is 1. The van der Waals surface area contributed by atoms with Crippen molar-refractivity contribution >= 4 is 5.91 Å². The van der Waals surface area contributed by atoms with Gasteiger partial charge in [-0.05, 0) is 31.7 Å². The number of likely N-dealkylation sites (N-methyl/N-ethyl adjacent to an activating group) is 1. The number of carbonyl (C=O) groups excluding carboxylic acids is 1. The monoisotopic (exact) mass is 251 g/mol. The maximum Gasteiger partial charge on any atom is 0.238 e. The molecule has 0 aromatic carbocycles. The summed E-state index contributed by atoms with van der Waals surface area (Å²) in [4.78, 5) is 15.7. The molecule has 1 aliphatic rings. The predicted octanol–water partition coefficient (Wildman–Crippen LogP) is 0.302. The third-order valence-electron chi connectivity index (χ3n) is 3.93. The molecule has 3 N–H and O–H groups in total. The second-order valence-electron chi connectivity index (χ2n) is 4.90. The van der Waals surface area contributed by atoms with Crippen molar-refractivity contribution < 1.29 is 4.79 Å². The number of primary amides is 1. The van der Waals surface area contributed by atoms with Crippen molar-refractivity contribution in [2.24, 2.45) is 11.7 Å². The Labute approximate surface area is 107 Å². The number of amides is 1. The number of hydrogen-bond acceptors (Lipinski definition) is 4. The number of aryl methyl sites for hydroxylation is 1. The maximum absolute atomic E-state index is 11.8. The highest BCUT2D eigenvalue weighted by Crippen LogP contribution is 2.38. The predicted molar refractivity (Wildman–Crippen MR) is 67.6 cm³/mol. The van der Waals surface area contributed by atoms with Crippen LogP contribution in [0.1, 0.15) is 32.6 Å². The Morgan fingerprint density at radius 3 is 3.11 bits per heavy atom. The Bertz CT molecular complexity index is 391. The highest BCUT2D eigenvalue weighted by atomic mass is 16.1. The van der Waals surface area contributed by atoms with E-state index in [9.17, 15) is 4.79 Å². The Morgan fingerprint density at radius 2 is 2.50 bits per heavy atom. The van der Waals surface area contributed by atoms with Gasteiger partial charge in [-0.3, -0.25) is 9.48 Å². The van der Waals surface area contributed by atoms with Crippen molar-refractivity contribution in [1.29, 1.82) is 0 Å². The molecule has 1 aliphatic carbocycles. The van der Waals surface area contributed by atoms with E-state index in [1.807, 2.05) is 6.92 Å². The molecule has 1 fully saturated rings. The average Bonchev–Trinajstić information content (AvgIpc) is 2.96. The van der Waals surface area contributed by atoms with E-state index in [1.54, 1.807) is 11.0 Å². The van der Waals surface area contributed by atoms with Gasteiger partial charge >= 0.3 is 0 Å². The lowest BCUT2D eigenvalue weighted by molar-refractivity contribution is -0.126. The smallest absolute Gasteiger partial charge is 0.238 e. The fourth-order valence-corrected chi connectivity index (χ4v) is 3.06. The molecular formula is C12H21N5O. The van der Waals surface area contributed by atoms with Crippen LogP contribution in [-0.4, -0.2) is 32.8 Å². The number of hydrogen-bond donors (Lipinski definition) is 2. The van der Waals surface area contributed by atoms with Crippen molar-refractivity contribution in [3.05, 3.63) is 12.7 Å². The molecule has 0 aliphatic heterocycles. The van der Waals surface area contributed by atoms with E-state index in [0.717, 1.165) is 38.8 Å². The topological polar surface area (TPSA) is 85.8 Å². The fraction of sp³-hybridized carbons (Fsp3) is 0.750. The van der Waals surface area contributed by atoms with Gasteiger partial charge in [-0.2, -0.15) is 5.10 Å². The molecule has 0 spiro atoms. The van der Waals surface area contributed by atoms with Gasteiger partial charge in [0.05, 0.1) is 0 Å². The van der Waals surface area contributed by atoms with Crippen LogP contribution in [0.2, 0.25) is 0 Å². The molecule has 0 saturated heterocycles. The minimum atomic E-state index is -0.519. The van der Waals surface area contributed by atoms with Gasteiger partial charge in [-0.1, -0.05) is 13.3 Å². The SMILES string of the molecule is CCNC1(C(N)=O)CCCC1CCn1cncn1. The normalized spacial score (nSPS) is 27.5. The molecule has 6 nitrogen and oxygen atoms in total. The zero-order valence-electron chi connectivity index (χ0n) is 10.8. The lowest BCUT2D eigenvalue weighted by Gasteiger charge is -2.33. The zero-order valence-corrected chi connectivity index (χ0v) is 10.8. The molecule has 2 rings (SSSR count). The van der Waals surface area contributed by atoms with Crippen molar-refractivity contribution in [2.75, 3.05) is 6.54 Å². The van der Waals surface area contributed by atoms with Gasteiger partial charge in [0.2, 0.25) is 5.91 Å². The summed E-state index contributed by atoms with van der Waals surface area (Å²) in [7, 11) is 0. The molecule has 2 atom stereocenters. The summed E-state index contributed by atoms with van der Waals surface area (Å²) in [5.74, 6) is 0.0737. The standard InChI is InChI=1S/C12H21N5O/c1-2-15-12(11(13)18)6-3-4-10(12)5-7-17-9-14-8-16-17/h8-10,15H,2-7H2,1H3,(H2,13,18). The molecule has 0 bridgehead atoms. The molecular weight excluding hydrogens is 230 g/mol. The summed E-state index contributed by atoms with van der Waals surface area (Å²) < 4.78 is 1.80. The van der Waals surface area contributed by atoms with Gasteiger partial charge in [0.25, 0.3) is 0 Å². The van der Waals surface area contributed by atoms with Crippen molar-refractivity contribution in [2.45, 2.75) is 44.7 Å². The Kier molecular flexibility index (Phi) is 3.96. The fourth-order valence-electron chi connectivity index (χ4n) is 3.06. The summed E-state index contributed by atoms with van der Waals surface area (Å²) in [5.41, 5.74) is 5.10. The molecule has 2 unspecified atom stereocenters. The number of aromatic nitrogens is 3. The minimum absolute atomic E-state index is 0.217. The number of nitrogens with zero attached hydrogens (tertiary/aromatic N) is 3. The van der Waals surface area contributed by atoms with E-state index in [1.165, 1.54) is 6.33 Å². The van der Waals surface area contributed by atoms with Crippen LogP contribution in [0.25, 0.3) is 0 Å². The average molecular weight is 251 g/mol. The third-order valence-corrected chi connectivity index (χ3v) is 3.93. The zero-order chi connectivity index (χ0) is 13.0. The largest absolute Gasteiger partial charge is 0.368 e. The van der Waals surface area contributed by atoms with Gasteiger partial charge in [-0.25, -0.2) is 4.98 Å². The lowest BCUT2D eigenvalue weighted by Crippen LogP contribution is -2.58. The molecule has 100 valence electrons. The first-order valence-electron chi connectivity index (χ1n) is 6.56. The molecule has 1 amide bonds. The number of carbonyl (C=O) groups is 1. The van der Waals surface area contributed by atoms with Crippen molar-refractivity contribution in [1.82, 2.24) is 20.1 Å². The van der Waals surface area contributed by atoms with Crippen LogP contribution in [0.5, 0.6) is 0 Å². The van der Waals surface area contributed by atoms with Crippen LogP contribution < -0.4 is 11.1 Å². The first kappa shape index (κ1) is 13.0. The highest BCUT2D eigenvalue weighted by Gasteiger charge is 2.46. The van der Waals surface area contributed by atoms with Crippen LogP contribution in [0.4, 0.5) is 0 Å². The van der Waals surface area contributed by atoms with Crippen LogP contribution in [0.3, 0.4) is 0 Å². The number of rotatable bonds is 6. The molecule has 1 aromatic rings. The third kappa shape index (κ3) is 2.38. The summed E-state index contributed by atoms with van der Waals surface area (Å²) in [5, 5.41) is 7.40. The van der Waals surface area contributed by atoms with E-state index in [0.29, 0.717) is 5.92 Å². The van der Waals surface area contributed by atoms with E-state index in [2.05, 4.69) is 15.4 Å². The molecule has 1 saturated carbocycles. The summed E-state index contributed by atoms with van der Waals surface area (Å²) in [6.07, 6.45) is 7.08. The summed E-state index contributed by atoms with van der Waals surface area (Å²) >= 11 is 0. The Hall–Kier alpha value is -1.43. The van der Waals surface area contributed by atoms with Gasteiger partial charge in [0.15, 0.2) is 0 Å². The van der Waals surface area contributed by atoms with E-state index in [4.69, 9.17) is 5.73 Å². The van der Waals surface area contributed by atoms with Crippen LogP contribution in [0.15, 0.2) is 12.7 Å². The van der Waals surface area contributed by atoms with Crippen LogP contribution >= 0.6 is 0 Å². The molecule has 1 aromatic heterocycles. The van der Waals surface area contributed by atoms with E-state index in [-0.39, 0.29) is 5.91 Å². The van der Waals surface area contributed by atoms with E-state index < -0.39 is 5.54 Å². The second-order valence-corrected chi connectivity index (χ2v) is 4.90. The molecule has 6 heteroatoms. The summed E-state index contributed by atoms with van der Waals surface area (Å²) in [6.45, 7) is 3.56. The molecule has 18 heavy (non-hydrogen) atoms. The highest BCUT2D eigenvalue weighted by molar-refractivity contribution is 5.85. The van der Waals surface area contributed by atoms with Crippen LogP contribution in [-0.2, 0) is 11.3 Å².